The summed E-state index contributed by atoms with van der Waals surface area (Å²) in [6.07, 6.45) is -2.66. The van der Waals surface area contributed by atoms with Crippen molar-refractivity contribution >= 4 is 12.0 Å². The fraction of sp³-hybridized carbons (Fsp3) is 0.600. The number of piperidine rings is 1. The van der Waals surface area contributed by atoms with Gasteiger partial charge in [-0.25, -0.2) is 4.79 Å². The number of rotatable bonds is 3. The van der Waals surface area contributed by atoms with Gasteiger partial charge in [0.2, 0.25) is 5.91 Å². The highest BCUT2D eigenvalue weighted by Crippen LogP contribution is 2.43. The van der Waals surface area contributed by atoms with Crippen molar-refractivity contribution in [3.05, 3.63) is 29.8 Å². The standard InChI is InChI=1S/C20H23F3N2O4/c1-18(14-3-2-4-15(9-14)29-20(21,22)23)5-7-25(8-6-18)16(26)13-10-19(11-13)12-28-17(27)24-19/h2-4,9,13H,5-8,10-12H2,1H3,(H,24,27)/t13-,19+. The molecule has 1 aliphatic carbocycles. The summed E-state index contributed by atoms with van der Waals surface area (Å²) in [6.45, 7) is 3.41. The maximum atomic E-state index is 12.8. The van der Waals surface area contributed by atoms with Crippen LogP contribution in [0.5, 0.6) is 5.75 Å². The molecule has 2 saturated heterocycles. The highest BCUT2D eigenvalue weighted by atomic mass is 19.4. The summed E-state index contributed by atoms with van der Waals surface area (Å²) in [5.74, 6) is -0.270. The maximum Gasteiger partial charge on any atom is 0.573 e. The molecule has 1 saturated carbocycles. The van der Waals surface area contributed by atoms with Gasteiger partial charge in [0.15, 0.2) is 0 Å². The topological polar surface area (TPSA) is 67.9 Å². The van der Waals surface area contributed by atoms with E-state index in [4.69, 9.17) is 4.74 Å². The number of benzene rings is 1. The lowest BCUT2D eigenvalue weighted by Crippen LogP contribution is -2.59. The van der Waals surface area contributed by atoms with Crippen molar-refractivity contribution in [2.75, 3.05) is 19.7 Å². The Morgan fingerprint density at radius 1 is 1.28 bits per heavy atom. The number of alkyl carbamates (subject to hydrolysis) is 1. The summed E-state index contributed by atoms with van der Waals surface area (Å²) >= 11 is 0. The van der Waals surface area contributed by atoms with E-state index < -0.39 is 12.5 Å². The van der Waals surface area contributed by atoms with Crippen LogP contribution >= 0.6 is 0 Å². The number of cyclic esters (lactones) is 1. The minimum atomic E-state index is -4.72. The van der Waals surface area contributed by atoms with E-state index >= 15 is 0 Å². The summed E-state index contributed by atoms with van der Waals surface area (Å²) in [5, 5.41) is 2.79. The van der Waals surface area contributed by atoms with Crippen molar-refractivity contribution in [2.45, 2.75) is 49.9 Å². The molecule has 158 valence electrons. The van der Waals surface area contributed by atoms with Gasteiger partial charge in [0.05, 0.1) is 5.54 Å². The summed E-state index contributed by atoms with van der Waals surface area (Å²) < 4.78 is 46.5. The Kier molecular flexibility index (Phi) is 4.66. The molecule has 29 heavy (non-hydrogen) atoms. The molecule has 0 atom stereocenters. The van der Waals surface area contributed by atoms with Gasteiger partial charge in [0.25, 0.3) is 0 Å². The number of hydrogen-bond acceptors (Lipinski definition) is 4. The number of amides is 2. The van der Waals surface area contributed by atoms with Crippen LogP contribution in [0.3, 0.4) is 0 Å². The number of nitrogens with zero attached hydrogens (tertiary/aromatic N) is 1. The first kappa shape index (κ1) is 19.8. The van der Waals surface area contributed by atoms with Crippen LogP contribution < -0.4 is 10.1 Å². The van der Waals surface area contributed by atoms with E-state index in [0.29, 0.717) is 45.4 Å². The fourth-order valence-corrected chi connectivity index (χ4v) is 4.61. The molecular formula is C20H23F3N2O4. The maximum absolute atomic E-state index is 12.8. The molecule has 3 fully saturated rings. The number of ether oxygens (including phenoxy) is 2. The Balaban J connectivity index is 1.35. The van der Waals surface area contributed by atoms with Gasteiger partial charge < -0.3 is 19.7 Å². The molecule has 3 aliphatic rings. The Bertz CT molecular complexity index is 812. The van der Waals surface area contributed by atoms with Crippen LogP contribution in [0.25, 0.3) is 0 Å². The highest BCUT2D eigenvalue weighted by molar-refractivity contribution is 5.81. The van der Waals surface area contributed by atoms with E-state index in [9.17, 15) is 22.8 Å². The SMILES string of the molecule is CC1(c2cccc(OC(F)(F)F)c2)CCN(C(=O)[C@H]2C[C@]3(COC(=O)N3)C2)CC1. The summed E-state index contributed by atoms with van der Waals surface area (Å²) in [4.78, 5) is 25.9. The predicted molar refractivity (Wildman–Crippen MR) is 96.2 cm³/mol. The third kappa shape index (κ3) is 4.00. The van der Waals surface area contributed by atoms with Crippen molar-refractivity contribution in [2.24, 2.45) is 5.92 Å². The van der Waals surface area contributed by atoms with Crippen molar-refractivity contribution in [1.82, 2.24) is 10.2 Å². The molecule has 0 radical (unpaired) electrons. The Hall–Kier alpha value is -2.45. The van der Waals surface area contributed by atoms with Gasteiger partial charge in [-0.1, -0.05) is 19.1 Å². The number of alkyl halides is 3. The zero-order valence-corrected chi connectivity index (χ0v) is 16.1. The molecule has 6 nitrogen and oxygen atoms in total. The normalized spacial score (nSPS) is 28.5. The average Bonchev–Trinajstić information content (AvgIpc) is 3.02. The van der Waals surface area contributed by atoms with E-state index in [1.807, 2.05) is 11.8 Å². The Morgan fingerprint density at radius 2 is 1.97 bits per heavy atom. The number of hydrogen-bond donors (Lipinski definition) is 1. The van der Waals surface area contributed by atoms with Gasteiger partial charge >= 0.3 is 12.5 Å². The first-order valence-electron chi connectivity index (χ1n) is 9.68. The van der Waals surface area contributed by atoms with Gasteiger partial charge in [0.1, 0.15) is 12.4 Å². The van der Waals surface area contributed by atoms with E-state index in [1.165, 1.54) is 12.1 Å². The smallest absolute Gasteiger partial charge is 0.447 e. The van der Waals surface area contributed by atoms with Crippen molar-refractivity contribution in [3.63, 3.8) is 0 Å². The molecule has 2 aliphatic heterocycles. The third-order valence-electron chi connectivity index (χ3n) is 6.41. The second-order valence-corrected chi connectivity index (χ2v) is 8.55. The Morgan fingerprint density at radius 3 is 2.55 bits per heavy atom. The van der Waals surface area contributed by atoms with Gasteiger partial charge in [-0.05, 0) is 48.8 Å². The second-order valence-electron chi connectivity index (χ2n) is 8.55. The van der Waals surface area contributed by atoms with E-state index in [0.717, 1.165) is 5.56 Å². The van der Waals surface area contributed by atoms with Crippen molar-refractivity contribution < 1.29 is 32.2 Å². The first-order chi connectivity index (χ1) is 13.6. The van der Waals surface area contributed by atoms with Crippen LogP contribution in [0.4, 0.5) is 18.0 Å². The molecule has 1 spiro atoms. The summed E-state index contributed by atoms with van der Waals surface area (Å²) in [5.41, 5.74) is 0.0657. The largest absolute Gasteiger partial charge is 0.573 e. The molecule has 0 aromatic heterocycles. The zero-order valence-electron chi connectivity index (χ0n) is 16.1. The van der Waals surface area contributed by atoms with Crippen molar-refractivity contribution in [3.8, 4) is 5.75 Å². The monoisotopic (exact) mass is 412 g/mol. The van der Waals surface area contributed by atoms with E-state index in [1.54, 1.807) is 12.1 Å². The number of carbonyl (C=O) groups excluding carboxylic acids is 2. The molecule has 0 unspecified atom stereocenters. The molecule has 2 heterocycles. The van der Waals surface area contributed by atoms with Crippen LogP contribution in [-0.4, -0.2) is 48.5 Å². The number of carbonyl (C=O) groups is 2. The molecule has 1 aromatic rings. The Labute approximate surface area is 166 Å². The molecule has 1 N–H and O–H groups in total. The molecule has 1 aromatic carbocycles. The van der Waals surface area contributed by atoms with Crippen LogP contribution in [-0.2, 0) is 14.9 Å². The highest BCUT2D eigenvalue weighted by Gasteiger charge is 2.53. The lowest BCUT2D eigenvalue weighted by Gasteiger charge is -2.46. The number of likely N-dealkylation sites (tertiary alicyclic amines) is 1. The van der Waals surface area contributed by atoms with Gasteiger partial charge in [-0.3, -0.25) is 4.79 Å². The minimum absolute atomic E-state index is 0.0768. The van der Waals surface area contributed by atoms with Crippen LogP contribution in [0.1, 0.15) is 38.2 Å². The third-order valence-corrected chi connectivity index (χ3v) is 6.41. The van der Waals surface area contributed by atoms with Crippen LogP contribution in [0.15, 0.2) is 24.3 Å². The molecule has 9 heteroatoms. The van der Waals surface area contributed by atoms with Crippen LogP contribution in [0.2, 0.25) is 0 Å². The zero-order chi connectivity index (χ0) is 20.9. The number of nitrogens with one attached hydrogen (secondary N) is 1. The molecule has 2 amide bonds. The average molecular weight is 412 g/mol. The minimum Gasteiger partial charge on any atom is -0.447 e. The lowest BCUT2D eigenvalue weighted by molar-refractivity contribution is -0.274. The quantitative estimate of drug-likeness (QED) is 0.827. The number of halogens is 3. The summed E-state index contributed by atoms with van der Waals surface area (Å²) in [6, 6.07) is 6.09. The van der Waals surface area contributed by atoms with Gasteiger partial charge in [0, 0.05) is 19.0 Å². The van der Waals surface area contributed by atoms with Crippen LogP contribution in [0, 0.1) is 5.92 Å². The predicted octanol–water partition coefficient (Wildman–Crippen LogP) is 3.35. The van der Waals surface area contributed by atoms with Gasteiger partial charge in [-0.2, -0.15) is 0 Å². The second kappa shape index (κ2) is 6.81. The molecule has 0 bridgehead atoms. The van der Waals surface area contributed by atoms with Crippen molar-refractivity contribution in [1.29, 1.82) is 0 Å². The fourth-order valence-electron chi connectivity index (χ4n) is 4.61. The summed E-state index contributed by atoms with van der Waals surface area (Å²) in [7, 11) is 0. The van der Waals surface area contributed by atoms with Gasteiger partial charge in [-0.15, -0.1) is 13.2 Å². The molecular weight excluding hydrogens is 389 g/mol. The van der Waals surface area contributed by atoms with E-state index in [2.05, 4.69) is 10.1 Å². The first-order valence-corrected chi connectivity index (χ1v) is 9.68. The van der Waals surface area contributed by atoms with E-state index in [-0.39, 0.29) is 28.5 Å². The lowest BCUT2D eigenvalue weighted by atomic mass is 9.68. The molecule has 4 rings (SSSR count).